The van der Waals surface area contributed by atoms with Gasteiger partial charge in [-0.05, 0) is 50.8 Å². The Morgan fingerprint density at radius 1 is 1.32 bits per heavy atom. The van der Waals surface area contributed by atoms with Crippen molar-refractivity contribution >= 4 is 6.03 Å². The van der Waals surface area contributed by atoms with Crippen LogP contribution in [0.1, 0.15) is 44.7 Å². The molecule has 2 atom stereocenters. The molecule has 1 fully saturated rings. The van der Waals surface area contributed by atoms with Gasteiger partial charge in [-0.3, -0.25) is 0 Å². The number of halogens is 2. The molecule has 1 N–H and O–H groups in total. The fourth-order valence-corrected chi connectivity index (χ4v) is 2.69. The second kappa shape index (κ2) is 7.42. The summed E-state index contributed by atoms with van der Waals surface area (Å²) in [4.78, 5) is 14.2. The van der Waals surface area contributed by atoms with E-state index in [4.69, 9.17) is 0 Å². The highest BCUT2D eigenvalue weighted by molar-refractivity contribution is 5.75. The molecule has 0 bridgehead atoms. The van der Waals surface area contributed by atoms with Gasteiger partial charge in [-0.1, -0.05) is 12.1 Å². The van der Waals surface area contributed by atoms with Gasteiger partial charge in [0.15, 0.2) is 0 Å². The maximum absolute atomic E-state index is 12.3. The molecule has 2 unspecified atom stereocenters. The van der Waals surface area contributed by atoms with Crippen LogP contribution in [-0.2, 0) is 0 Å². The molecule has 0 aliphatic carbocycles. The van der Waals surface area contributed by atoms with E-state index in [0.717, 1.165) is 31.4 Å². The van der Waals surface area contributed by atoms with Crippen molar-refractivity contribution < 1.29 is 18.3 Å². The van der Waals surface area contributed by atoms with Crippen LogP contribution >= 0.6 is 0 Å². The molecule has 1 aromatic carbocycles. The number of nitrogens with zero attached hydrogens (tertiary/aromatic N) is 1. The summed E-state index contributed by atoms with van der Waals surface area (Å²) in [7, 11) is 0. The number of benzene rings is 1. The number of nitrogens with one attached hydrogen (secondary N) is 1. The first-order valence-electron chi connectivity index (χ1n) is 7.59. The van der Waals surface area contributed by atoms with E-state index in [9.17, 15) is 13.6 Å². The van der Waals surface area contributed by atoms with Crippen molar-refractivity contribution in [2.75, 3.05) is 6.54 Å². The van der Waals surface area contributed by atoms with E-state index >= 15 is 0 Å². The van der Waals surface area contributed by atoms with Gasteiger partial charge in [0.2, 0.25) is 0 Å². The normalized spacial score (nSPS) is 19.9. The van der Waals surface area contributed by atoms with Crippen LogP contribution in [0.25, 0.3) is 0 Å². The number of carbonyl (C=O) groups is 1. The highest BCUT2D eigenvalue weighted by Crippen LogP contribution is 2.21. The van der Waals surface area contributed by atoms with E-state index < -0.39 is 6.61 Å². The molecule has 0 radical (unpaired) electrons. The Kier molecular flexibility index (Phi) is 5.57. The molecular formula is C16H22F2N2O2. The maximum atomic E-state index is 12.3. The Hall–Kier alpha value is -1.85. The molecule has 0 spiro atoms. The summed E-state index contributed by atoms with van der Waals surface area (Å²) < 4.78 is 28.5. The lowest BCUT2D eigenvalue weighted by Crippen LogP contribution is -2.48. The second-order valence-corrected chi connectivity index (χ2v) is 5.66. The highest BCUT2D eigenvalue weighted by atomic mass is 19.3. The summed E-state index contributed by atoms with van der Waals surface area (Å²) in [5, 5.41) is 2.95. The van der Waals surface area contributed by atoms with Gasteiger partial charge in [0, 0.05) is 12.6 Å². The molecule has 6 heteroatoms. The molecule has 2 rings (SSSR count). The van der Waals surface area contributed by atoms with Crippen LogP contribution in [0.4, 0.5) is 13.6 Å². The fraction of sp³-hybridized carbons (Fsp3) is 0.562. The van der Waals surface area contributed by atoms with Gasteiger partial charge in [0.25, 0.3) is 0 Å². The number of urea groups is 1. The third-order valence-electron chi connectivity index (χ3n) is 4.01. The molecule has 1 heterocycles. The van der Waals surface area contributed by atoms with Gasteiger partial charge in [-0.15, -0.1) is 0 Å². The molecule has 0 aromatic heterocycles. The summed E-state index contributed by atoms with van der Waals surface area (Å²) in [5.74, 6) is 0.113. The SMILES string of the molecule is CC(NC(=O)N1CCCCC1C)c1ccc(OC(F)F)cc1. The Balaban J connectivity index is 1.93. The van der Waals surface area contributed by atoms with Crippen LogP contribution in [0.2, 0.25) is 0 Å². The first-order valence-corrected chi connectivity index (χ1v) is 7.59. The number of rotatable bonds is 4. The zero-order valence-electron chi connectivity index (χ0n) is 12.9. The Bertz CT molecular complexity index is 493. The van der Waals surface area contributed by atoms with Crippen molar-refractivity contribution in [3.8, 4) is 5.75 Å². The minimum absolute atomic E-state index is 0.0763. The Morgan fingerprint density at radius 2 is 2.00 bits per heavy atom. The molecule has 1 aromatic rings. The van der Waals surface area contributed by atoms with E-state index in [-0.39, 0.29) is 23.9 Å². The number of piperidine rings is 1. The fourth-order valence-electron chi connectivity index (χ4n) is 2.69. The predicted molar refractivity (Wildman–Crippen MR) is 80.0 cm³/mol. The van der Waals surface area contributed by atoms with Crippen molar-refractivity contribution in [2.24, 2.45) is 0 Å². The maximum Gasteiger partial charge on any atom is 0.387 e. The number of alkyl halides is 2. The van der Waals surface area contributed by atoms with Crippen LogP contribution in [0, 0.1) is 0 Å². The molecule has 1 saturated heterocycles. The molecule has 22 heavy (non-hydrogen) atoms. The number of hydrogen-bond acceptors (Lipinski definition) is 2. The summed E-state index contributed by atoms with van der Waals surface area (Å²) in [6.45, 7) is 1.87. The van der Waals surface area contributed by atoms with Crippen molar-refractivity contribution in [2.45, 2.75) is 51.8 Å². The highest BCUT2D eigenvalue weighted by Gasteiger charge is 2.24. The molecule has 2 amide bonds. The average Bonchev–Trinajstić information content (AvgIpc) is 2.47. The van der Waals surface area contributed by atoms with E-state index in [1.165, 1.54) is 12.1 Å². The minimum atomic E-state index is -2.83. The van der Waals surface area contributed by atoms with Crippen molar-refractivity contribution in [3.05, 3.63) is 29.8 Å². The summed E-state index contributed by atoms with van der Waals surface area (Å²) in [5.41, 5.74) is 0.847. The first kappa shape index (κ1) is 16.5. The summed E-state index contributed by atoms with van der Waals surface area (Å²) >= 11 is 0. The lowest BCUT2D eigenvalue weighted by Gasteiger charge is -2.34. The molecule has 1 aliphatic heterocycles. The lowest BCUT2D eigenvalue weighted by molar-refractivity contribution is -0.0498. The number of likely N-dealkylation sites (tertiary alicyclic amines) is 1. The summed E-state index contributed by atoms with van der Waals surface area (Å²) in [6, 6.07) is 6.31. The van der Waals surface area contributed by atoms with Gasteiger partial charge in [-0.25, -0.2) is 4.79 Å². The van der Waals surface area contributed by atoms with Crippen molar-refractivity contribution in [1.29, 1.82) is 0 Å². The monoisotopic (exact) mass is 312 g/mol. The van der Waals surface area contributed by atoms with E-state index in [2.05, 4.69) is 17.0 Å². The summed E-state index contributed by atoms with van der Waals surface area (Å²) in [6.07, 6.45) is 3.22. The van der Waals surface area contributed by atoms with Crippen molar-refractivity contribution in [3.63, 3.8) is 0 Å². The standard InChI is InChI=1S/C16H22F2N2O2/c1-11-5-3-4-10-20(11)16(21)19-12(2)13-6-8-14(9-7-13)22-15(17)18/h6-9,11-12,15H,3-5,10H2,1-2H3,(H,19,21). The number of amides is 2. The van der Waals surface area contributed by atoms with E-state index in [1.807, 2.05) is 11.8 Å². The molecule has 0 saturated carbocycles. The van der Waals surface area contributed by atoms with E-state index in [1.54, 1.807) is 12.1 Å². The number of hydrogen-bond donors (Lipinski definition) is 1. The molecular weight excluding hydrogens is 290 g/mol. The predicted octanol–water partition coefficient (Wildman–Crippen LogP) is 3.93. The quantitative estimate of drug-likeness (QED) is 0.915. The van der Waals surface area contributed by atoms with Gasteiger partial charge in [-0.2, -0.15) is 8.78 Å². The third-order valence-corrected chi connectivity index (χ3v) is 4.01. The van der Waals surface area contributed by atoms with Crippen LogP contribution in [0.15, 0.2) is 24.3 Å². The molecule has 4 nitrogen and oxygen atoms in total. The van der Waals surface area contributed by atoms with Gasteiger partial charge in [0.05, 0.1) is 6.04 Å². The minimum Gasteiger partial charge on any atom is -0.435 e. The Morgan fingerprint density at radius 3 is 2.59 bits per heavy atom. The Labute approximate surface area is 129 Å². The van der Waals surface area contributed by atoms with E-state index in [0.29, 0.717) is 0 Å². The van der Waals surface area contributed by atoms with Crippen molar-refractivity contribution in [1.82, 2.24) is 10.2 Å². The average molecular weight is 312 g/mol. The van der Waals surface area contributed by atoms with Gasteiger partial charge in [0.1, 0.15) is 5.75 Å². The topological polar surface area (TPSA) is 41.6 Å². The smallest absolute Gasteiger partial charge is 0.387 e. The van der Waals surface area contributed by atoms with Gasteiger partial charge >= 0.3 is 12.6 Å². The third kappa shape index (κ3) is 4.32. The lowest BCUT2D eigenvalue weighted by atomic mass is 10.0. The van der Waals surface area contributed by atoms with Crippen LogP contribution in [-0.4, -0.2) is 30.1 Å². The zero-order chi connectivity index (χ0) is 16.1. The number of carbonyl (C=O) groups excluding carboxylic acids is 1. The molecule has 122 valence electrons. The van der Waals surface area contributed by atoms with Gasteiger partial charge < -0.3 is 15.0 Å². The zero-order valence-corrected chi connectivity index (χ0v) is 12.9. The van der Waals surface area contributed by atoms with Crippen LogP contribution in [0.5, 0.6) is 5.75 Å². The van der Waals surface area contributed by atoms with Crippen LogP contribution < -0.4 is 10.1 Å². The number of ether oxygens (including phenoxy) is 1. The largest absolute Gasteiger partial charge is 0.435 e. The molecule has 1 aliphatic rings. The van der Waals surface area contributed by atoms with Crippen LogP contribution in [0.3, 0.4) is 0 Å². The second-order valence-electron chi connectivity index (χ2n) is 5.66. The first-order chi connectivity index (χ1) is 10.5.